The predicted molar refractivity (Wildman–Crippen MR) is 54.5 cm³/mol. The van der Waals surface area contributed by atoms with E-state index in [2.05, 4.69) is 4.74 Å². The Morgan fingerprint density at radius 1 is 1.44 bits per heavy atom. The van der Waals surface area contributed by atoms with Crippen LogP contribution in [0.5, 0.6) is 0 Å². The van der Waals surface area contributed by atoms with Crippen LogP contribution in [-0.4, -0.2) is 41.8 Å². The van der Waals surface area contributed by atoms with E-state index in [1.165, 1.54) is 7.11 Å². The summed E-state index contributed by atoms with van der Waals surface area (Å²) in [6, 6.07) is -0.608. The van der Waals surface area contributed by atoms with Gasteiger partial charge >= 0.3 is 5.97 Å². The third-order valence-corrected chi connectivity index (χ3v) is 3.49. The molecule has 0 bridgehead atoms. The number of carbonyl (C=O) groups is 3. The number of ketones is 1. The van der Waals surface area contributed by atoms with Crippen molar-refractivity contribution in [1.29, 1.82) is 0 Å². The van der Waals surface area contributed by atoms with Gasteiger partial charge in [0.05, 0.1) is 13.5 Å². The van der Waals surface area contributed by atoms with Gasteiger partial charge in [-0.05, 0) is 12.3 Å². The Morgan fingerprint density at radius 3 is 2.75 bits per heavy atom. The fourth-order valence-electron chi connectivity index (χ4n) is 2.70. The number of hydrogen-bond acceptors (Lipinski definition) is 4. The van der Waals surface area contributed by atoms with Crippen LogP contribution in [-0.2, 0) is 19.1 Å². The summed E-state index contributed by atoms with van der Waals surface area (Å²) in [6.45, 7) is 1.96. The lowest BCUT2D eigenvalue weighted by atomic mass is 9.94. The van der Waals surface area contributed by atoms with E-state index in [0.717, 1.165) is 0 Å². The maximum atomic E-state index is 11.8. The number of ether oxygens (including phenoxy) is 1. The van der Waals surface area contributed by atoms with Gasteiger partial charge in [-0.1, -0.05) is 6.92 Å². The Balaban J connectivity index is 2.25. The van der Waals surface area contributed by atoms with Crippen molar-refractivity contribution in [2.75, 3.05) is 7.11 Å². The van der Waals surface area contributed by atoms with Crippen LogP contribution in [0.4, 0.5) is 0 Å². The fraction of sp³-hybridized carbons (Fsp3) is 0.727. The molecular weight excluding hydrogens is 210 g/mol. The Hall–Kier alpha value is -1.39. The van der Waals surface area contributed by atoms with Gasteiger partial charge in [0.25, 0.3) is 0 Å². The average Bonchev–Trinajstić information content (AvgIpc) is 2.55. The molecule has 2 aliphatic heterocycles. The molecule has 1 unspecified atom stereocenters. The molecule has 0 saturated carbocycles. The fourth-order valence-corrected chi connectivity index (χ4v) is 2.70. The molecule has 1 amide bonds. The van der Waals surface area contributed by atoms with Gasteiger partial charge in [0.15, 0.2) is 0 Å². The zero-order chi connectivity index (χ0) is 11.9. The lowest BCUT2D eigenvalue weighted by Crippen LogP contribution is -2.50. The molecule has 2 rings (SSSR count). The van der Waals surface area contributed by atoms with Gasteiger partial charge in [0, 0.05) is 12.5 Å². The number of hydrogen-bond donors (Lipinski definition) is 0. The number of nitrogens with zero attached hydrogens (tertiary/aromatic N) is 1. The first-order valence-electron chi connectivity index (χ1n) is 5.45. The van der Waals surface area contributed by atoms with Crippen LogP contribution >= 0.6 is 0 Å². The second kappa shape index (κ2) is 3.88. The van der Waals surface area contributed by atoms with Gasteiger partial charge < -0.3 is 9.64 Å². The van der Waals surface area contributed by atoms with Crippen molar-refractivity contribution in [2.45, 2.75) is 38.3 Å². The minimum absolute atomic E-state index is 0.0244. The molecule has 2 saturated heterocycles. The molecule has 3 atom stereocenters. The van der Waals surface area contributed by atoms with Crippen molar-refractivity contribution in [3.63, 3.8) is 0 Å². The van der Waals surface area contributed by atoms with E-state index in [1.807, 2.05) is 6.92 Å². The van der Waals surface area contributed by atoms with E-state index in [9.17, 15) is 14.4 Å². The van der Waals surface area contributed by atoms with E-state index in [4.69, 9.17) is 0 Å². The molecule has 0 aromatic rings. The molecule has 0 spiro atoms. The van der Waals surface area contributed by atoms with Gasteiger partial charge in [-0.2, -0.15) is 0 Å². The Labute approximate surface area is 93.7 Å². The van der Waals surface area contributed by atoms with Crippen LogP contribution in [0, 0.1) is 5.92 Å². The largest absolute Gasteiger partial charge is 0.467 e. The van der Waals surface area contributed by atoms with Gasteiger partial charge in [-0.25, -0.2) is 4.79 Å². The standard InChI is InChI=1S/C11H15NO4/c1-6-3-9(11(15)16-2)12-8(6)4-7(13)5-10(12)14/h6,8-9H,3-5H2,1-2H3/t6-,8?,9+/m1/s1. The minimum atomic E-state index is -0.495. The number of esters is 1. The van der Waals surface area contributed by atoms with Crippen molar-refractivity contribution >= 4 is 17.7 Å². The molecule has 0 radical (unpaired) electrons. The van der Waals surface area contributed by atoms with Crippen LogP contribution < -0.4 is 0 Å². The van der Waals surface area contributed by atoms with Crippen LogP contribution in [0.2, 0.25) is 0 Å². The van der Waals surface area contributed by atoms with E-state index in [0.29, 0.717) is 12.8 Å². The molecule has 5 nitrogen and oxygen atoms in total. The van der Waals surface area contributed by atoms with Gasteiger partial charge in [0.1, 0.15) is 11.8 Å². The van der Waals surface area contributed by atoms with Crippen molar-refractivity contribution in [1.82, 2.24) is 4.90 Å². The van der Waals surface area contributed by atoms with Crippen LogP contribution in [0.15, 0.2) is 0 Å². The smallest absolute Gasteiger partial charge is 0.328 e. The predicted octanol–water partition coefficient (Wildman–Crippen LogP) is 0.128. The first-order chi connectivity index (χ1) is 7.54. The first-order valence-corrected chi connectivity index (χ1v) is 5.45. The number of methoxy groups -OCH3 is 1. The number of Topliss-reactive ketones (excluding diaryl/α,β-unsaturated/α-hetero) is 1. The molecule has 0 N–H and O–H groups in total. The van der Waals surface area contributed by atoms with E-state index in [-0.39, 0.29) is 36.0 Å². The van der Waals surface area contributed by atoms with Crippen molar-refractivity contribution in [3.8, 4) is 0 Å². The molecule has 5 heteroatoms. The number of fused-ring (bicyclic) bond motifs is 1. The second-order valence-corrected chi connectivity index (χ2v) is 4.54. The van der Waals surface area contributed by atoms with Gasteiger partial charge in [0.2, 0.25) is 5.91 Å². The summed E-state index contributed by atoms with van der Waals surface area (Å²) in [5, 5.41) is 0. The number of carbonyl (C=O) groups excluding carboxylic acids is 3. The lowest BCUT2D eigenvalue weighted by Gasteiger charge is -2.33. The Bertz CT molecular complexity index is 352. The Kier molecular flexibility index (Phi) is 2.69. The molecule has 16 heavy (non-hydrogen) atoms. The highest BCUT2D eigenvalue weighted by Gasteiger charge is 2.48. The monoisotopic (exact) mass is 225 g/mol. The third-order valence-electron chi connectivity index (χ3n) is 3.49. The third kappa shape index (κ3) is 1.60. The number of amides is 1. The summed E-state index contributed by atoms with van der Waals surface area (Å²) < 4.78 is 4.69. The molecule has 88 valence electrons. The zero-order valence-electron chi connectivity index (χ0n) is 9.43. The molecule has 0 aromatic heterocycles. The minimum Gasteiger partial charge on any atom is -0.467 e. The highest BCUT2D eigenvalue weighted by molar-refractivity contribution is 6.02. The van der Waals surface area contributed by atoms with Crippen molar-refractivity contribution < 1.29 is 19.1 Å². The molecule has 2 aliphatic rings. The summed E-state index contributed by atoms with van der Waals surface area (Å²) in [5.41, 5.74) is 0. The average molecular weight is 225 g/mol. The molecule has 2 heterocycles. The summed E-state index contributed by atoms with van der Waals surface area (Å²) in [6.07, 6.45) is 0.896. The maximum Gasteiger partial charge on any atom is 0.328 e. The van der Waals surface area contributed by atoms with Crippen LogP contribution in [0.25, 0.3) is 0 Å². The van der Waals surface area contributed by atoms with Crippen molar-refractivity contribution in [2.24, 2.45) is 5.92 Å². The Morgan fingerprint density at radius 2 is 2.12 bits per heavy atom. The summed E-state index contributed by atoms with van der Waals surface area (Å²) in [5.74, 6) is -0.459. The van der Waals surface area contributed by atoms with E-state index < -0.39 is 6.04 Å². The highest BCUT2D eigenvalue weighted by atomic mass is 16.5. The molecule has 0 aliphatic carbocycles. The van der Waals surface area contributed by atoms with Crippen molar-refractivity contribution in [3.05, 3.63) is 0 Å². The summed E-state index contributed by atoms with van der Waals surface area (Å²) >= 11 is 0. The number of piperidine rings is 1. The summed E-state index contributed by atoms with van der Waals surface area (Å²) in [4.78, 5) is 36.2. The van der Waals surface area contributed by atoms with Crippen LogP contribution in [0.3, 0.4) is 0 Å². The summed E-state index contributed by atoms with van der Waals surface area (Å²) in [7, 11) is 1.32. The highest BCUT2D eigenvalue weighted by Crippen LogP contribution is 2.35. The van der Waals surface area contributed by atoms with E-state index >= 15 is 0 Å². The topological polar surface area (TPSA) is 63.7 Å². The SMILES string of the molecule is COC(=O)[C@@H]1C[C@@H](C)C2CC(=O)CC(=O)N21. The molecular formula is C11H15NO4. The number of rotatable bonds is 1. The quantitative estimate of drug-likeness (QED) is 0.470. The van der Waals surface area contributed by atoms with E-state index in [1.54, 1.807) is 4.90 Å². The van der Waals surface area contributed by atoms with Gasteiger partial charge in [-0.15, -0.1) is 0 Å². The first kappa shape index (κ1) is 11.1. The van der Waals surface area contributed by atoms with Crippen LogP contribution in [0.1, 0.15) is 26.2 Å². The molecule has 2 fully saturated rings. The zero-order valence-corrected chi connectivity index (χ0v) is 9.43. The lowest BCUT2D eigenvalue weighted by molar-refractivity contribution is -0.155. The van der Waals surface area contributed by atoms with Gasteiger partial charge in [-0.3, -0.25) is 9.59 Å². The second-order valence-electron chi connectivity index (χ2n) is 4.54. The molecule has 0 aromatic carbocycles. The normalized spacial score (nSPS) is 33.9. The maximum absolute atomic E-state index is 11.8.